The molecule has 0 bridgehead atoms. The van der Waals surface area contributed by atoms with E-state index in [2.05, 4.69) is 6.92 Å². The van der Waals surface area contributed by atoms with Crippen molar-refractivity contribution in [1.82, 2.24) is 0 Å². The first kappa shape index (κ1) is 13.9. The van der Waals surface area contributed by atoms with Gasteiger partial charge >= 0.3 is 0 Å². The number of hydrogen-bond donors (Lipinski definition) is 1. The molecule has 17 heavy (non-hydrogen) atoms. The van der Waals surface area contributed by atoms with Gasteiger partial charge in [0.1, 0.15) is 5.78 Å². The van der Waals surface area contributed by atoms with Crippen LogP contribution in [-0.4, -0.2) is 17.0 Å². The molecule has 1 atom stereocenters. The second-order valence-corrected chi connectivity index (χ2v) is 4.52. The zero-order valence-electron chi connectivity index (χ0n) is 10.6. The topological polar surface area (TPSA) is 37.3 Å². The SMILES string of the molecule is CCCCC(=O)C[C@@H](O)CCc1ccccc1. The van der Waals surface area contributed by atoms with Gasteiger partial charge in [0.2, 0.25) is 0 Å². The van der Waals surface area contributed by atoms with Crippen LogP contribution in [0.15, 0.2) is 30.3 Å². The predicted octanol–water partition coefficient (Wildman–Crippen LogP) is 3.13. The molecule has 0 saturated heterocycles. The Hall–Kier alpha value is -1.15. The van der Waals surface area contributed by atoms with Crippen LogP contribution >= 0.6 is 0 Å². The van der Waals surface area contributed by atoms with E-state index in [4.69, 9.17) is 0 Å². The van der Waals surface area contributed by atoms with Crippen molar-refractivity contribution < 1.29 is 9.90 Å². The van der Waals surface area contributed by atoms with Crippen molar-refractivity contribution in [3.8, 4) is 0 Å². The fourth-order valence-corrected chi connectivity index (χ4v) is 1.82. The lowest BCUT2D eigenvalue weighted by atomic mass is 10.0. The molecule has 0 aliphatic rings. The molecule has 0 aliphatic heterocycles. The Balaban J connectivity index is 2.21. The Morgan fingerprint density at radius 3 is 2.65 bits per heavy atom. The van der Waals surface area contributed by atoms with E-state index in [1.807, 2.05) is 30.3 Å². The summed E-state index contributed by atoms with van der Waals surface area (Å²) < 4.78 is 0. The minimum absolute atomic E-state index is 0.187. The van der Waals surface area contributed by atoms with Crippen LogP contribution in [0.1, 0.15) is 44.6 Å². The van der Waals surface area contributed by atoms with Gasteiger partial charge in [0, 0.05) is 12.8 Å². The molecule has 0 spiro atoms. The first-order chi connectivity index (χ1) is 8.22. The number of aliphatic hydroxyl groups is 1. The van der Waals surface area contributed by atoms with Crippen molar-refractivity contribution in [2.45, 2.75) is 51.6 Å². The molecule has 1 aromatic rings. The Labute approximate surface area is 104 Å². The Kier molecular flexibility index (Phi) is 6.56. The second-order valence-electron chi connectivity index (χ2n) is 4.52. The van der Waals surface area contributed by atoms with Gasteiger partial charge in [0.05, 0.1) is 6.10 Å². The normalized spacial score (nSPS) is 12.4. The average Bonchev–Trinajstić information content (AvgIpc) is 2.35. The summed E-state index contributed by atoms with van der Waals surface area (Å²) >= 11 is 0. The smallest absolute Gasteiger partial charge is 0.135 e. The highest BCUT2D eigenvalue weighted by Crippen LogP contribution is 2.09. The summed E-state index contributed by atoms with van der Waals surface area (Å²) in [4.78, 5) is 11.5. The zero-order valence-corrected chi connectivity index (χ0v) is 10.6. The highest BCUT2D eigenvalue weighted by Gasteiger charge is 2.10. The van der Waals surface area contributed by atoms with Crippen LogP contribution in [0.3, 0.4) is 0 Å². The van der Waals surface area contributed by atoms with E-state index in [1.165, 1.54) is 5.56 Å². The highest BCUT2D eigenvalue weighted by molar-refractivity contribution is 5.78. The molecule has 0 heterocycles. The van der Waals surface area contributed by atoms with Crippen LogP contribution in [0.2, 0.25) is 0 Å². The van der Waals surface area contributed by atoms with E-state index in [-0.39, 0.29) is 5.78 Å². The van der Waals surface area contributed by atoms with Gasteiger partial charge in [-0.1, -0.05) is 43.7 Å². The number of unbranched alkanes of at least 4 members (excludes halogenated alkanes) is 1. The van der Waals surface area contributed by atoms with Gasteiger partial charge < -0.3 is 5.11 Å². The third-order valence-corrected chi connectivity index (χ3v) is 2.88. The minimum atomic E-state index is -0.487. The van der Waals surface area contributed by atoms with E-state index in [1.54, 1.807) is 0 Å². The second kappa shape index (κ2) is 8.02. The standard InChI is InChI=1S/C15H22O2/c1-2-3-9-14(16)12-15(17)11-10-13-7-5-4-6-8-13/h4-8,15,17H,2-3,9-12H2,1H3/t15-/m0/s1. The number of rotatable bonds is 8. The van der Waals surface area contributed by atoms with Gasteiger partial charge in [-0.05, 0) is 24.8 Å². The molecular weight excluding hydrogens is 212 g/mol. The number of benzene rings is 1. The first-order valence-electron chi connectivity index (χ1n) is 6.46. The van der Waals surface area contributed by atoms with Crippen molar-refractivity contribution >= 4 is 5.78 Å². The Morgan fingerprint density at radius 1 is 1.29 bits per heavy atom. The Bertz CT molecular complexity index is 319. The molecule has 0 radical (unpaired) electrons. The van der Waals surface area contributed by atoms with Crippen molar-refractivity contribution in [2.75, 3.05) is 0 Å². The number of carbonyl (C=O) groups is 1. The molecule has 1 rings (SSSR count). The van der Waals surface area contributed by atoms with Gasteiger partial charge in [-0.15, -0.1) is 0 Å². The summed E-state index contributed by atoms with van der Waals surface area (Å²) in [5.41, 5.74) is 1.22. The fourth-order valence-electron chi connectivity index (χ4n) is 1.82. The number of aryl methyl sites for hydroxylation is 1. The maximum absolute atomic E-state index is 11.5. The molecule has 1 aromatic carbocycles. The predicted molar refractivity (Wildman–Crippen MR) is 69.9 cm³/mol. The van der Waals surface area contributed by atoms with Crippen LogP contribution in [0, 0.1) is 0 Å². The number of ketones is 1. The maximum atomic E-state index is 11.5. The van der Waals surface area contributed by atoms with Gasteiger partial charge in [-0.3, -0.25) is 4.79 Å². The minimum Gasteiger partial charge on any atom is -0.393 e. The number of carbonyl (C=O) groups excluding carboxylic acids is 1. The van der Waals surface area contributed by atoms with Gasteiger partial charge in [0.15, 0.2) is 0 Å². The summed E-state index contributed by atoms with van der Waals surface area (Å²) in [6.45, 7) is 2.07. The van der Waals surface area contributed by atoms with Crippen LogP contribution in [0.25, 0.3) is 0 Å². The van der Waals surface area contributed by atoms with Crippen LogP contribution in [0.5, 0.6) is 0 Å². The number of hydrogen-bond acceptors (Lipinski definition) is 2. The van der Waals surface area contributed by atoms with Crippen LogP contribution in [0.4, 0.5) is 0 Å². The van der Waals surface area contributed by atoms with Crippen molar-refractivity contribution in [3.05, 3.63) is 35.9 Å². The molecule has 2 heteroatoms. The van der Waals surface area contributed by atoms with Crippen molar-refractivity contribution in [3.63, 3.8) is 0 Å². The van der Waals surface area contributed by atoms with E-state index in [9.17, 15) is 9.90 Å². The zero-order chi connectivity index (χ0) is 12.5. The van der Waals surface area contributed by atoms with Crippen molar-refractivity contribution in [2.24, 2.45) is 0 Å². The van der Waals surface area contributed by atoms with E-state index in [0.717, 1.165) is 19.3 Å². The monoisotopic (exact) mass is 234 g/mol. The molecule has 0 aliphatic carbocycles. The van der Waals surface area contributed by atoms with Crippen LogP contribution in [-0.2, 0) is 11.2 Å². The largest absolute Gasteiger partial charge is 0.393 e. The molecular formula is C15H22O2. The molecule has 94 valence electrons. The average molecular weight is 234 g/mol. The molecule has 0 fully saturated rings. The van der Waals surface area contributed by atoms with Gasteiger partial charge in [0.25, 0.3) is 0 Å². The third-order valence-electron chi connectivity index (χ3n) is 2.88. The van der Waals surface area contributed by atoms with Gasteiger partial charge in [-0.25, -0.2) is 0 Å². The molecule has 0 amide bonds. The Morgan fingerprint density at radius 2 is 2.00 bits per heavy atom. The summed E-state index contributed by atoms with van der Waals surface area (Å²) in [6.07, 6.45) is 3.91. The number of Topliss-reactive ketones (excluding diaryl/α,β-unsaturated/α-hetero) is 1. The van der Waals surface area contributed by atoms with Crippen LogP contribution < -0.4 is 0 Å². The summed E-state index contributed by atoms with van der Waals surface area (Å²) in [6, 6.07) is 10.1. The third kappa shape index (κ3) is 6.22. The molecule has 1 N–H and O–H groups in total. The number of aliphatic hydroxyl groups excluding tert-OH is 1. The lowest BCUT2D eigenvalue weighted by molar-refractivity contribution is -0.121. The highest BCUT2D eigenvalue weighted by atomic mass is 16.3. The fraction of sp³-hybridized carbons (Fsp3) is 0.533. The summed E-state index contributed by atoms with van der Waals surface area (Å²) in [5.74, 6) is 0.187. The summed E-state index contributed by atoms with van der Waals surface area (Å²) in [5, 5.41) is 9.76. The van der Waals surface area contributed by atoms with Gasteiger partial charge in [-0.2, -0.15) is 0 Å². The first-order valence-corrected chi connectivity index (χ1v) is 6.46. The summed E-state index contributed by atoms with van der Waals surface area (Å²) in [7, 11) is 0. The van der Waals surface area contributed by atoms with E-state index in [0.29, 0.717) is 19.3 Å². The lowest BCUT2D eigenvalue weighted by Crippen LogP contribution is -2.14. The lowest BCUT2D eigenvalue weighted by Gasteiger charge is -2.09. The van der Waals surface area contributed by atoms with E-state index < -0.39 is 6.10 Å². The molecule has 0 saturated carbocycles. The molecule has 0 aromatic heterocycles. The quantitative estimate of drug-likeness (QED) is 0.750. The van der Waals surface area contributed by atoms with E-state index >= 15 is 0 Å². The maximum Gasteiger partial charge on any atom is 0.135 e. The van der Waals surface area contributed by atoms with Crippen molar-refractivity contribution in [1.29, 1.82) is 0 Å². The molecule has 2 nitrogen and oxygen atoms in total. The molecule has 0 unspecified atom stereocenters.